The number of thiophene rings is 1. The van der Waals surface area contributed by atoms with Gasteiger partial charge in [0.2, 0.25) is 5.91 Å². The molecule has 162 valence electrons. The van der Waals surface area contributed by atoms with Gasteiger partial charge in [0.15, 0.2) is 11.7 Å². The van der Waals surface area contributed by atoms with Crippen molar-refractivity contribution < 1.29 is 14.3 Å². The second-order valence-electron chi connectivity index (χ2n) is 7.97. The lowest BCUT2D eigenvalue weighted by Gasteiger charge is -2.26. The van der Waals surface area contributed by atoms with E-state index in [9.17, 15) is 4.79 Å². The molecule has 1 unspecified atom stereocenters. The van der Waals surface area contributed by atoms with Crippen LogP contribution in [0.3, 0.4) is 0 Å². The molecule has 2 fully saturated rings. The van der Waals surface area contributed by atoms with Gasteiger partial charge in [-0.1, -0.05) is 18.9 Å². The molecule has 1 aromatic heterocycles. The summed E-state index contributed by atoms with van der Waals surface area (Å²) in [4.78, 5) is 19.3. The van der Waals surface area contributed by atoms with Crippen molar-refractivity contribution in [2.75, 3.05) is 40.3 Å². The highest BCUT2D eigenvalue weighted by atomic mass is 32.1. The van der Waals surface area contributed by atoms with Crippen LogP contribution in [0.15, 0.2) is 22.5 Å². The average Bonchev–Trinajstić information content (AvgIpc) is 3.30. The van der Waals surface area contributed by atoms with E-state index in [1.807, 2.05) is 0 Å². The van der Waals surface area contributed by atoms with Gasteiger partial charge in [-0.25, -0.2) is 4.99 Å². The van der Waals surface area contributed by atoms with Crippen molar-refractivity contribution in [1.29, 1.82) is 0 Å². The molecule has 8 heteroatoms. The number of nitrogens with zero attached hydrogens (tertiary/aromatic N) is 2. The van der Waals surface area contributed by atoms with Crippen molar-refractivity contribution in [3.8, 4) is 0 Å². The van der Waals surface area contributed by atoms with Gasteiger partial charge in [-0.2, -0.15) is 0 Å². The van der Waals surface area contributed by atoms with E-state index in [2.05, 4.69) is 33.1 Å². The lowest BCUT2D eigenvalue weighted by molar-refractivity contribution is -0.175. The van der Waals surface area contributed by atoms with Crippen LogP contribution in [-0.4, -0.2) is 69.0 Å². The Labute approximate surface area is 177 Å². The molecule has 1 spiro atoms. The van der Waals surface area contributed by atoms with Crippen LogP contribution >= 0.6 is 11.3 Å². The summed E-state index contributed by atoms with van der Waals surface area (Å²) in [7, 11) is 3.48. The Bertz CT molecular complexity index is 655. The third kappa shape index (κ3) is 6.97. The molecule has 0 aromatic carbocycles. The molecule has 1 aliphatic carbocycles. The number of ether oxygens (including phenoxy) is 2. The molecule has 3 rings (SSSR count). The summed E-state index contributed by atoms with van der Waals surface area (Å²) >= 11 is 1.75. The molecule has 1 amide bonds. The third-order valence-electron chi connectivity index (χ3n) is 5.39. The molecule has 2 aliphatic rings. The van der Waals surface area contributed by atoms with Crippen LogP contribution in [0.1, 0.15) is 43.4 Å². The van der Waals surface area contributed by atoms with E-state index in [0.717, 1.165) is 25.8 Å². The summed E-state index contributed by atoms with van der Waals surface area (Å²) in [6, 6.07) is 4.19. The molecule has 0 radical (unpaired) electrons. The molecular weight excluding hydrogens is 388 g/mol. The van der Waals surface area contributed by atoms with Crippen molar-refractivity contribution in [1.82, 2.24) is 15.5 Å². The van der Waals surface area contributed by atoms with Gasteiger partial charge in [0.1, 0.15) is 12.6 Å². The number of hydrogen-bond acceptors (Lipinski definition) is 5. The first-order valence-electron chi connectivity index (χ1n) is 10.6. The highest BCUT2D eigenvalue weighted by Crippen LogP contribution is 2.36. The number of hydrogen-bond donors (Lipinski definition) is 2. The van der Waals surface area contributed by atoms with Crippen LogP contribution in [0.5, 0.6) is 0 Å². The van der Waals surface area contributed by atoms with Gasteiger partial charge in [0.05, 0.1) is 6.61 Å². The Hall–Kier alpha value is -1.64. The van der Waals surface area contributed by atoms with Crippen molar-refractivity contribution in [2.45, 2.75) is 56.8 Å². The van der Waals surface area contributed by atoms with Crippen molar-refractivity contribution in [3.05, 3.63) is 22.4 Å². The number of rotatable bonds is 7. The predicted molar refractivity (Wildman–Crippen MR) is 116 cm³/mol. The normalized spacial score (nSPS) is 21.7. The Morgan fingerprint density at radius 3 is 2.76 bits per heavy atom. The molecule has 1 aliphatic heterocycles. The molecule has 29 heavy (non-hydrogen) atoms. The summed E-state index contributed by atoms with van der Waals surface area (Å²) in [5.41, 5.74) is 0. The number of aliphatic imine (C=N–C) groups is 1. The van der Waals surface area contributed by atoms with Crippen LogP contribution in [0.2, 0.25) is 0 Å². The average molecular weight is 423 g/mol. The predicted octanol–water partition coefficient (Wildman–Crippen LogP) is 2.38. The maximum absolute atomic E-state index is 11.9. The number of amides is 1. The van der Waals surface area contributed by atoms with E-state index < -0.39 is 0 Å². The first kappa shape index (κ1) is 22.1. The second kappa shape index (κ2) is 10.9. The molecule has 1 saturated heterocycles. The smallest absolute Gasteiger partial charge is 0.243 e. The quantitative estimate of drug-likeness (QED) is 0.521. The molecule has 1 saturated carbocycles. The molecular formula is C21H34N4O3S. The topological polar surface area (TPSA) is 75.2 Å². The van der Waals surface area contributed by atoms with E-state index in [1.54, 1.807) is 30.3 Å². The van der Waals surface area contributed by atoms with Gasteiger partial charge in [0.25, 0.3) is 0 Å². The van der Waals surface area contributed by atoms with E-state index in [4.69, 9.17) is 9.47 Å². The van der Waals surface area contributed by atoms with Crippen LogP contribution in [0.4, 0.5) is 0 Å². The monoisotopic (exact) mass is 422 g/mol. The number of carbonyl (C=O) groups excluding carboxylic acids is 1. The largest absolute Gasteiger partial charge is 0.356 e. The lowest BCUT2D eigenvalue weighted by atomic mass is 10.1. The van der Waals surface area contributed by atoms with Crippen molar-refractivity contribution >= 4 is 23.2 Å². The summed E-state index contributed by atoms with van der Waals surface area (Å²) in [5, 5.41) is 8.76. The van der Waals surface area contributed by atoms with E-state index in [-0.39, 0.29) is 24.3 Å². The minimum absolute atomic E-state index is 0.00180. The fourth-order valence-electron chi connectivity index (χ4n) is 3.68. The fraction of sp³-hybridized carbons (Fsp3) is 0.714. The fourth-order valence-corrected chi connectivity index (χ4v) is 4.39. The maximum atomic E-state index is 11.9. The van der Waals surface area contributed by atoms with E-state index >= 15 is 0 Å². The maximum Gasteiger partial charge on any atom is 0.243 e. The van der Waals surface area contributed by atoms with Gasteiger partial charge < -0.3 is 25.0 Å². The van der Waals surface area contributed by atoms with Gasteiger partial charge in [0, 0.05) is 44.9 Å². The van der Waals surface area contributed by atoms with Crippen molar-refractivity contribution in [2.24, 2.45) is 4.99 Å². The Kier molecular flexibility index (Phi) is 8.32. The number of carbonyl (C=O) groups is 1. The first-order chi connectivity index (χ1) is 14.1. The second-order valence-corrected chi connectivity index (χ2v) is 9.00. The van der Waals surface area contributed by atoms with E-state index in [1.165, 1.54) is 30.6 Å². The standard InChI is InChI=1S/C21H34N4O3S/c1-25(2)19(26)15-24-20(22-12-9-18-8-7-13-29-18)23-14-17-16-27-21(28-17)10-5-3-4-6-11-21/h7-8,13,17H,3-6,9-12,14-16H2,1-2H3,(H2,22,23,24). The van der Waals surface area contributed by atoms with E-state index in [0.29, 0.717) is 19.1 Å². The number of guanidine groups is 1. The third-order valence-corrected chi connectivity index (χ3v) is 6.33. The summed E-state index contributed by atoms with van der Waals surface area (Å²) in [6.07, 6.45) is 7.77. The molecule has 1 aromatic rings. The SMILES string of the molecule is CN(C)C(=O)CN=C(NCCc1cccs1)NCC1COC2(CCCCCC2)O1. The minimum atomic E-state index is -0.381. The van der Waals surface area contributed by atoms with Gasteiger partial charge in [-0.3, -0.25) is 4.79 Å². The first-order valence-corrected chi connectivity index (χ1v) is 11.5. The number of nitrogens with one attached hydrogen (secondary N) is 2. The van der Waals surface area contributed by atoms with Crippen molar-refractivity contribution in [3.63, 3.8) is 0 Å². The Morgan fingerprint density at radius 1 is 1.28 bits per heavy atom. The highest BCUT2D eigenvalue weighted by Gasteiger charge is 2.41. The van der Waals surface area contributed by atoms with Gasteiger partial charge in [-0.15, -0.1) is 11.3 Å². The zero-order chi connectivity index (χ0) is 20.5. The lowest BCUT2D eigenvalue weighted by Crippen LogP contribution is -2.43. The van der Waals surface area contributed by atoms with Crippen LogP contribution in [0.25, 0.3) is 0 Å². The number of likely N-dealkylation sites (N-methyl/N-ethyl adjacent to an activating group) is 1. The molecule has 1 atom stereocenters. The molecule has 7 nitrogen and oxygen atoms in total. The highest BCUT2D eigenvalue weighted by molar-refractivity contribution is 7.09. The zero-order valence-electron chi connectivity index (χ0n) is 17.6. The van der Waals surface area contributed by atoms with Crippen LogP contribution in [-0.2, 0) is 20.7 Å². The Morgan fingerprint density at radius 2 is 2.07 bits per heavy atom. The minimum Gasteiger partial charge on any atom is -0.356 e. The summed E-state index contributed by atoms with van der Waals surface area (Å²) in [6.45, 7) is 2.09. The zero-order valence-corrected chi connectivity index (χ0v) is 18.4. The van der Waals surface area contributed by atoms with Crippen LogP contribution in [0, 0.1) is 0 Å². The van der Waals surface area contributed by atoms with Gasteiger partial charge >= 0.3 is 0 Å². The Balaban J connectivity index is 1.50. The summed E-state index contributed by atoms with van der Waals surface area (Å²) < 4.78 is 12.4. The molecule has 2 N–H and O–H groups in total. The van der Waals surface area contributed by atoms with Crippen LogP contribution < -0.4 is 10.6 Å². The summed E-state index contributed by atoms with van der Waals surface area (Å²) in [5.74, 6) is 0.234. The molecule has 2 heterocycles. The molecule has 0 bridgehead atoms. The van der Waals surface area contributed by atoms with Gasteiger partial charge in [-0.05, 0) is 30.7 Å².